The van der Waals surface area contributed by atoms with Crippen LogP contribution in [-0.2, 0) is 17.9 Å². The molecule has 4 heterocycles. The second-order valence-corrected chi connectivity index (χ2v) is 11.4. The molecule has 0 radical (unpaired) electrons. The van der Waals surface area contributed by atoms with Crippen LogP contribution in [0.4, 0.5) is 5.82 Å². The van der Waals surface area contributed by atoms with Gasteiger partial charge in [0.15, 0.2) is 0 Å². The minimum Gasteiger partial charge on any atom is -0.508 e. The summed E-state index contributed by atoms with van der Waals surface area (Å²) in [5.74, 6) is 0.272. The molecule has 2 atom stereocenters. The fourth-order valence-corrected chi connectivity index (χ4v) is 6.42. The molecule has 1 aromatic heterocycles. The summed E-state index contributed by atoms with van der Waals surface area (Å²) >= 11 is 0. The minimum absolute atomic E-state index is 0.0299. The Hall–Kier alpha value is -4.69. The van der Waals surface area contributed by atoms with E-state index in [4.69, 9.17) is 14.7 Å². The number of phenolic OH excluding ortho intramolecular Hbond substituents is 1. The van der Waals surface area contributed by atoms with Crippen LogP contribution in [0.1, 0.15) is 40.9 Å². The molecule has 1 N–H and O–H groups in total. The average Bonchev–Trinajstić information content (AvgIpc) is 3.64. The van der Waals surface area contributed by atoms with Crippen LogP contribution in [0.5, 0.6) is 11.8 Å². The summed E-state index contributed by atoms with van der Waals surface area (Å²) in [5.41, 5.74) is 1.95. The summed E-state index contributed by atoms with van der Waals surface area (Å²) < 4.78 is 6.16. The summed E-state index contributed by atoms with van der Waals surface area (Å²) in [5, 5.41) is 21.4. The molecule has 0 bridgehead atoms. The van der Waals surface area contributed by atoms with Gasteiger partial charge in [0.1, 0.15) is 18.2 Å². The van der Waals surface area contributed by atoms with Crippen molar-refractivity contribution in [2.75, 3.05) is 44.7 Å². The first-order valence-electron chi connectivity index (χ1n) is 14.6. The number of fused-ring (bicyclic) bond motifs is 2. The Morgan fingerprint density at radius 3 is 2.77 bits per heavy atom. The predicted molar refractivity (Wildman–Crippen MR) is 161 cm³/mol. The first-order valence-corrected chi connectivity index (χ1v) is 14.6. The number of hydrogen-bond acceptors (Lipinski definition) is 9. The van der Waals surface area contributed by atoms with Crippen LogP contribution in [0.25, 0.3) is 10.8 Å². The topological polar surface area (TPSA) is 126 Å². The molecule has 2 amide bonds. The van der Waals surface area contributed by atoms with Crippen molar-refractivity contribution in [2.45, 2.75) is 44.4 Å². The van der Waals surface area contributed by atoms with Crippen LogP contribution in [0, 0.1) is 11.3 Å². The maximum Gasteiger partial charge on any atom is 0.318 e. The Morgan fingerprint density at radius 1 is 1.16 bits per heavy atom. The predicted octanol–water partition coefficient (Wildman–Crippen LogP) is 3.08. The number of amides is 2. The Bertz CT molecular complexity index is 1620. The van der Waals surface area contributed by atoms with Gasteiger partial charge in [0.25, 0.3) is 5.91 Å². The second kappa shape index (κ2) is 11.9. The molecule has 11 heteroatoms. The SMILES string of the molecule is C=CC(=O)N1CCN(c2nc(OC[C@@H]3CCCN3C)nc3c2CN(C(=O)c2cc(O)cc4ccccc24)C3)C[C@@H]1CC#N. The highest BCUT2D eigenvalue weighted by molar-refractivity contribution is 6.07. The Balaban J connectivity index is 1.32. The molecule has 3 aliphatic rings. The summed E-state index contributed by atoms with van der Waals surface area (Å²) in [6, 6.07) is 13.1. The minimum atomic E-state index is -0.329. The number of anilines is 1. The zero-order valence-electron chi connectivity index (χ0n) is 24.3. The van der Waals surface area contributed by atoms with Crippen molar-refractivity contribution in [3.05, 3.63) is 65.9 Å². The van der Waals surface area contributed by atoms with E-state index in [-0.39, 0.29) is 55.2 Å². The monoisotopic (exact) mass is 581 g/mol. The standard InChI is InChI=1S/C32H35N7O4/c1-3-29(41)39-14-13-37(17-22(39)10-11-33)30-27-18-38(31(42)26-16-24(40)15-21-7-4-5-9-25(21)26)19-28(27)34-32(35-30)43-20-23-8-6-12-36(23)2/h3-5,7,9,15-16,22-23,40H,1,6,8,10,12-14,17-20H2,2H3/t22-,23-/m0/s1. The third-order valence-corrected chi connectivity index (χ3v) is 8.75. The molecule has 222 valence electrons. The zero-order valence-corrected chi connectivity index (χ0v) is 24.3. The van der Waals surface area contributed by atoms with Crippen LogP contribution < -0.4 is 9.64 Å². The number of hydrogen-bond donors (Lipinski definition) is 1. The third kappa shape index (κ3) is 5.58. The van der Waals surface area contributed by atoms with Crippen molar-refractivity contribution in [2.24, 2.45) is 0 Å². The number of likely N-dealkylation sites (N-methyl/N-ethyl adjacent to an activating group) is 1. The molecule has 2 saturated heterocycles. The maximum absolute atomic E-state index is 13.9. The van der Waals surface area contributed by atoms with Gasteiger partial charge in [-0.2, -0.15) is 15.2 Å². The van der Waals surface area contributed by atoms with Gasteiger partial charge in [-0.3, -0.25) is 9.59 Å². The number of aromatic hydroxyl groups is 1. The molecular formula is C32H35N7O4. The first kappa shape index (κ1) is 28.4. The lowest BCUT2D eigenvalue weighted by Crippen LogP contribution is -2.55. The maximum atomic E-state index is 13.9. The van der Waals surface area contributed by atoms with Crippen LogP contribution >= 0.6 is 0 Å². The van der Waals surface area contributed by atoms with Crippen molar-refractivity contribution in [3.63, 3.8) is 0 Å². The number of carbonyl (C=O) groups is 2. The Morgan fingerprint density at radius 2 is 2.00 bits per heavy atom. The largest absolute Gasteiger partial charge is 0.508 e. The summed E-state index contributed by atoms with van der Waals surface area (Å²) in [6.07, 6.45) is 3.62. The zero-order chi connectivity index (χ0) is 30.1. The van der Waals surface area contributed by atoms with Crippen molar-refractivity contribution in [3.8, 4) is 17.8 Å². The number of benzene rings is 2. The highest BCUT2D eigenvalue weighted by Crippen LogP contribution is 2.35. The average molecular weight is 582 g/mol. The molecule has 2 aromatic carbocycles. The smallest absolute Gasteiger partial charge is 0.318 e. The van der Waals surface area contributed by atoms with E-state index in [9.17, 15) is 20.0 Å². The number of ether oxygens (including phenoxy) is 1. The van der Waals surface area contributed by atoms with Crippen molar-refractivity contribution in [1.82, 2.24) is 24.7 Å². The lowest BCUT2D eigenvalue weighted by Gasteiger charge is -2.41. The van der Waals surface area contributed by atoms with Crippen molar-refractivity contribution in [1.29, 1.82) is 5.26 Å². The number of phenols is 1. The van der Waals surface area contributed by atoms with Crippen molar-refractivity contribution >= 4 is 28.4 Å². The van der Waals surface area contributed by atoms with E-state index in [2.05, 4.69) is 29.5 Å². The van der Waals surface area contributed by atoms with Gasteiger partial charge >= 0.3 is 6.01 Å². The number of piperazine rings is 1. The van der Waals surface area contributed by atoms with Gasteiger partial charge in [-0.25, -0.2) is 0 Å². The number of likely N-dealkylation sites (tertiary alicyclic amines) is 1. The fraction of sp³-hybridized carbons (Fsp3) is 0.406. The molecule has 43 heavy (non-hydrogen) atoms. The molecule has 0 unspecified atom stereocenters. The van der Waals surface area contributed by atoms with E-state index in [1.807, 2.05) is 24.3 Å². The number of aromatic nitrogens is 2. The number of rotatable bonds is 7. The number of carbonyl (C=O) groups excluding carboxylic acids is 2. The molecular weight excluding hydrogens is 546 g/mol. The summed E-state index contributed by atoms with van der Waals surface area (Å²) in [7, 11) is 2.09. The normalized spacial score (nSPS) is 20.2. The van der Waals surface area contributed by atoms with Gasteiger partial charge in [-0.05, 0) is 55.4 Å². The van der Waals surface area contributed by atoms with Crippen molar-refractivity contribution < 1.29 is 19.4 Å². The van der Waals surface area contributed by atoms with Gasteiger partial charge in [0.05, 0.1) is 42.9 Å². The van der Waals surface area contributed by atoms with Crippen LogP contribution in [0.3, 0.4) is 0 Å². The van der Waals surface area contributed by atoms with E-state index in [1.54, 1.807) is 15.9 Å². The summed E-state index contributed by atoms with van der Waals surface area (Å²) in [6.45, 7) is 6.99. The van der Waals surface area contributed by atoms with Crippen LogP contribution in [0.15, 0.2) is 49.1 Å². The lowest BCUT2D eigenvalue weighted by molar-refractivity contribution is -0.128. The number of nitriles is 1. The fourth-order valence-electron chi connectivity index (χ4n) is 6.42. The molecule has 3 aliphatic heterocycles. The molecule has 3 aromatic rings. The quantitative estimate of drug-likeness (QED) is 0.419. The molecule has 0 aliphatic carbocycles. The first-order chi connectivity index (χ1) is 20.9. The summed E-state index contributed by atoms with van der Waals surface area (Å²) in [4.78, 5) is 43.8. The number of nitrogens with zero attached hydrogens (tertiary/aromatic N) is 7. The second-order valence-electron chi connectivity index (χ2n) is 11.4. The highest BCUT2D eigenvalue weighted by atomic mass is 16.5. The van der Waals surface area contributed by atoms with Gasteiger partial charge in [0, 0.05) is 31.2 Å². The van der Waals surface area contributed by atoms with Gasteiger partial charge < -0.3 is 29.4 Å². The van der Waals surface area contributed by atoms with E-state index in [0.717, 1.165) is 35.7 Å². The lowest BCUT2D eigenvalue weighted by atomic mass is 10.0. The van der Waals surface area contributed by atoms with Crippen LogP contribution in [-0.4, -0.2) is 93.5 Å². The molecule has 0 spiro atoms. The third-order valence-electron chi connectivity index (χ3n) is 8.75. The Kier molecular flexibility index (Phi) is 7.86. The molecule has 0 saturated carbocycles. The van der Waals surface area contributed by atoms with E-state index < -0.39 is 0 Å². The van der Waals surface area contributed by atoms with E-state index in [1.165, 1.54) is 12.1 Å². The van der Waals surface area contributed by atoms with E-state index >= 15 is 0 Å². The molecule has 2 fully saturated rings. The van der Waals surface area contributed by atoms with Crippen LogP contribution in [0.2, 0.25) is 0 Å². The highest BCUT2D eigenvalue weighted by Gasteiger charge is 2.36. The van der Waals surface area contributed by atoms with Gasteiger partial charge in [-0.1, -0.05) is 30.8 Å². The molecule has 11 nitrogen and oxygen atoms in total. The Labute approximate surface area is 250 Å². The van der Waals surface area contributed by atoms with Gasteiger partial charge in [-0.15, -0.1) is 0 Å². The van der Waals surface area contributed by atoms with Gasteiger partial charge in [0.2, 0.25) is 5.91 Å². The van der Waals surface area contributed by atoms with E-state index in [0.29, 0.717) is 43.3 Å². The molecule has 6 rings (SSSR count).